The SMILES string of the molecule is Oc1ccc(C2(c3ccc(O)cc3)OC3OC3c3ccccc32)cc1. The Labute approximate surface area is 144 Å². The van der Waals surface area contributed by atoms with Crippen LogP contribution in [0.2, 0.25) is 0 Å². The van der Waals surface area contributed by atoms with Gasteiger partial charge in [-0.3, -0.25) is 0 Å². The first-order valence-corrected chi connectivity index (χ1v) is 8.20. The van der Waals surface area contributed by atoms with E-state index >= 15 is 0 Å². The summed E-state index contributed by atoms with van der Waals surface area (Å²) in [5.74, 6) is 0.406. The largest absolute Gasteiger partial charge is 0.508 e. The molecular weight excluding hydrogens is 316 g/mol. The quantitative estimate of drug-likeness (QED) is 0.701. The van der Waals surface area contributed by atoms with Gasteiger partial charge in [0.05, 0.1) is 0 Å². The molecule has 2 unspecified atom stereocenters. The Kier molecular flexibility index (Phi) is 2.95. The molecule has 0 radical (unpaired) electrons. The minimum Gasteiger partial charge on any atom is -0.508 e. The standard InChI is InChI=1S/C21H16O4/c22-15-9-5-13(6-10-15)21(14-7-11-16(23)12-8-14)18-4-2-1-3-17(18)19-20(24-19)25-21/h1-12,19-20,22-23H. The molecule has 3 aromatic rings. The molecule has 2 aliphatic heterocycles. The molecule has 25 heavy (non-hydrogen) atoms. The topological polar surface area (TPSA) is 62.2 Å². The monoisotopic (exact) mass is 332 g/mol. The molecule has 4 heteroatoms. The average molecular weight is 332 g/mol. The molecule has 3 aromatic carbocycles. The summed E-state index contributed by atoms with van der Waals surface area (Å²) in [5.41, 5.74) is 3.08. The Morgan fingerprint density at radius 1 is 0.720 bits per heavy atom. The van der Waals surface area contributed by atoms with E-state index in [1.807, 2.05) is 42.5 Å². The highest BCUT2D eigenvalue weighted by atomic mass is 16.8. The minimum atomic E-state index is -0.852. The van der Waals surface area contributed by atoms with Crippen molar-refractivity contribution in [1.29, 1.82) is 0 Å². The van der Waals surface area contributed by atoms with Crippen LogP contribution in [0.25, 0.3) is 0 Å². The van der Waals surface area contributed by atoms with Crippen LogP contribution in [-0.2, 0) is 15.1 Å². The average Bonchev–Trinajstić information content (AvgIpc) is 3.42. The van der Waals surface area contributed by atoms with Gasteiger partial charge < -0.3 is 19.7 Å². The van der Waals surface area contributed by atoms with E-state index in [0.29, 0.717) is 0 Å². The zero-order valence-electron chi connectivity index (χ0n) is 13.3. The van der Waals surface area contributed by atoms with E-state index in [1.165, 1.54) is 0 Å². The number of phenols is 2. The third-order valence-corrected chi connectivity index (χ3v) is 4.94. The van der Waals surface area contributed by atoms with Crippen molar-refractivity contribution in [2.75, 3.05) is 0 Å². The summed E-state index contributed by atoms with van der Waals surface area (Å²) in [6.45, 7) is 0. The molecule has 1 saturated heterocycles. The lowest BCUT2D eigenvalue weighted by molar-refractivity contribution is -0.0479. The van der Waals surface area contributed by atoms with Crippen LogP contribution >= 0.6 is 0 Å². The summed E-state index contributed by atoms with van der Waals surface area (Å²) in [5, 5.41) is 19.4. The maximum absolute atomic E-state index is 9.70. The number of fused-ring (bicyclic) bond motifs is 3. The molecule has 0 aromatic heterocycles. The lowest BCUT2D eigenvalue weighted by Gasteiger charge is -2.38. The fourth-order valence-corrected chi connectivity index (χ4v) is 3.72. The van der Waals surface area contributed by atoms with Gasteiger partial charge in [0.15, 0.2) is 6.29 Å². The summed E-state index contributed by atoms with van der Waals surface area (Å²) < 4.78 is 12.2. The third kappa shape index (κ3) is 2.08. The van der Waals surface area contributed by atoms with Crippen LogP contribution in [0.15, 0.2) is 72.8 Å². The smallest absolute Gasteiger partial charge is 0.191 e. The highest BCUT2D eigenvalue weighted by Gasteiger charge is 2.56. The molecule has 2 aliphatic rings. The Morgan fingerprint density at radius 2 is 1.28 bits per heavy atom. The van der Waals surface area contributed by atoms with E-state index in [0.717, 1.165) is 22.3 Å². The number of rotatable bonds is 2. The lowest BCUT2D eigenvalue weighted by atomic mass is 9.76. The summed E-state index contributed by atoms with van der Waals surface area (Å²) >= 11 is 0. The number of hydrogen-bond acceptors (Lipinski definition) is 4. The second-order valence-electron chi connectivity index (χ2n) is 6.41. The number of benzene rings is 3. The number of aromatic hydroxyl groups is 2. The fourth-order valence-electron chi connectivity index (χ4n) is 3.72. The van der Waals surface area contributed by atoms with Crippen molar-refractivity contribution in [2.24, 2.45) is 0 Å². The van der Waals surface area contributed by atoms with Gasteiger partial charge in [0.25, 0.3) is 0 Å². The van der Waals surface area contributed by atoms with Gasteiger partial charge in [0.1, 0.15) is 23.2 Å². The van der Waals surface area contributed by atoms with Crippen LogP contribution in [0.1, 0.15) is 28.4 Å². The van der Waals surface area contributed by atoms with E-state index in [4.69, 9.17) is 9.47 Å². The van der Waals surface area contributed by atoms with E-state index in [2.05, 4.69) is 6.07 Å². The van der Waals surface area contributed by atoms with Crippen LogP contribution in [0, 0.1) is 0 Å². The van der Waals surface area contributed by atoms with Crippen LogP contribution in [0.3, 0.4) is 0 Å². The molecule has 0 spiro atoms. The number of hydrogen-bond donors (Lipinski definition) is 2. The molecule has 0 bridgehead atoms. The highest BCUT2D eigenvalue weighted by molar-refractivity contribution is 5.54. The van der Waals surface area contributed by atoms with Crippen molar-refractivity contribution in [3.63, 3.8) is 0 Å². The summed E-state index contributed by atoms with van der Waals surface area (Å²) in [6, 6.07) is 22.2. The molecule has 2 atom stereocenters. The molecular formula is C21H16O4. The van der Waals surface area contributed by atoms with Crippen molar-refractivity contribution in [1.82, 2.24) is 0 Å². The predicted molar refractivity (Wildman–Crippen MR) is 91.2 cm³/mol. The van der Waals surface area contributed by atoms with Crippen molar-refractivity contribution in [2.45, 2.75) is 18.0 Å². The van der Waals surface area contributed by atoms with Gasteiger partial charge in [-0.25, -0.2) is 0 Å². The van der Waals surface area contributed by atoms with Gasteiger partial charge in [0, 0.05) is 0 Å². The molecule has 1 fully saturated rings. The normalized spacial score (nSPS) is 22.7. The maximum atomic E-state index is 9.70. The van der Waals surface area contributed by atoms with Gasteiger partial charge in [0.2, 0.25) is 0 Å². The van der Waals surface area contributed by atoms with Crippen molar-refractivity contribution < 1.29 is 19.7 Å². The molecule has 124 valence electrons. The molecule has 2 heterocycles. The minimum absolute atomic E-state index is 0.0291. The molecule has 0 saturated carbocycles. The van der Waals surface area contributed by atoms with Crippen molar-refractivity contribution >= 4 is 0 Å². The summed E-state index contributed by atoms with van der Waals surface area (Å²) in [4.78, 5) is 0. The second-order valence-corrected chi connectivity index (χ2v) is 6.41. The third-order valence-electron chi connectivity index (χ3n) is 4.94. The van der Waals surface area contributed by atoms with E-state index in [9.17, 15) is 10.2 Å². The van der Waals surface area contributed by atoms with E-state index in [-0.39, 0.29) is 23.9 Å². The maximum Gasteiger partial charge on any atom is 0.191 e. The van der Waals surface area contributed by atoms with Gasteiger partial charge in [-0.15, -0.1) is 0 Å². The van der Waals surface area contributed by atoms with Crippen LogP contribution in [0.4, 0.5) is 0 Å². The van der Waals surface area contributed by atoms with Crippen LogP contribution < -0.4 is 0 Å². The van der Waals surface area contributed by atoms with E-state index in [1.54, 1.807) is 24.3 Å². The molecule has 4 nitrogen and oxygen atoms in total. The van der Waals surface area contributed by atoms with Gasteiger partial charge in [-0.05, 0) is 46.5 Å². The fraction of sp³-hybridized carbons (Fsp3) is 0.143. The van der Waals surface area contributed by atoms with Crippen molar-refractivity contribution in [3.05, 3.63) is 95.1 Å². The van der Waals surface area contributed by atoms with Crippen molar-refractivity contribution in [3.8, 4) is 11.5 Å². The molecule has 0 aliphatic carbocycles. The predicted octanol–water partition coefficient (Wildman–Crippen LogP) is 3.82. The Balaban J connectivity index is 1.81. The number of ether oxygens (including phenoxy) is 2. The first kappa shape index (κ1) is 14.5. The molecule has 2 N–H and O–H groups in total. The number of phenolic OH excluding ortho intramolecular Hbond substituents is 2. The van der Waals surface area contributed by atoms with Gasteiger partial charge in [-0.2, -0.15) is 0 Å². The Morgan fingerprint density at radius 3 is 1.88 bits per heavy atom. The summed E-state index contributed by atoms with van der Waals surface area (Å²) in [6.07, 6.45) is -0.323. The van der Waals surface area contributed by atoms with Gasteiger partial charge in [-0.1, -0.05) is 48.5 Å². The first-order valence-electron chi connectivity index (χ1n) is 8.20. The first-order chi connectivity index (χ1) is 12.2. The van der Waals surface area contributed by atoms with Gasteiger partial charge >= 0.3 is 0 Å². The zero-order valence-corrected chi connectivity index (χ0v) is 13.3. The second kappa shape index (κ2) is 5.09. The number of epoxide rings is 1. The summed E-state index contributed by atoms with van der Waals surface area (Å²) in [7, 11) is 0. The van der Waals surface area contributed by atoms with Crippen LogP contribution in [-0.4, -0.2) is 16.5 Å². The lowest BCUT2D eigenvalue weighted by Crippen LogP contribution is -2.37. The van der Waals surface area contributed by atoms with E-state index < -0.39 is 5.60 Å². The zero-order chi connectivity index (χ0) is 17.0. The van der Waals surface area contributed by atoms with Crippen LogP contribution in [0.5, 0.6) is 11.5 Å². The highest BCUT2D eigenvalue weighted by Crippen LogP contribution is 2.56. The molecule has 5 rings (SSSR count). The molecule has 0 amide bonds. The Bertz CT molecular complexity index is 885. The Hall–Kier alpha value is -2.82.